The first-order valence-corrected chi connectivity index (χ1v) is 9.02. The predicted octanol–water partition coefficient (Wildman–Crippen LogP) is 2.01. The predicted molar refractivity (Wildman–Crippen MR) is 101 cm³/mol. The van der Waals surface area contributed by atoms with Crippen LogP contribution in [0.2, 0.25) is 0 Å². The molecule has 7 nitrogen and oxygen atoms in total. The van der Waals surface area contributed by atoms with Crippen LogP contribution in [0.25, 0.3) is 0 Å². The molecule has 2 unspecified atom stereocenters. The van der Waals surface area contributed by atoms with Crippen LogP contribution in [-0.2, 0) is 16.0 Å². The van der Waals surface area contributed by atoms with Gasteiger partial charge >= 0.3 is 5.97 Å². The number of amides is 3. The van der Waals surface area contributed by atoms with Gasteiger partial charge in [0.15, 0.2) is 0 Å². The Balaban J connectivity index is 1.66. The number of rotatable bonds is 7. The van der Waals surface area contributed by atoms with Gasteiger partial charge in [-0.25, -0.2) is 9.18 Å². The summed E-state index contributed by atoms with van der Waals surface area (Å²) in [5.41, 5.74) is 0.703. The molecular formula is C21H19FN2O5. The third kappa shape index (κ3) is 4.16. The number of carboxylic acid groups (broad SMARTS) is 1. The van der Waals surface area contributed by atoms with Crippen molar-refractivity contribution in [2.24, 2.45) is 0 Å². The fraction of sp³-hybridized carbons (Fsp3) is 0.238. The molecular weight excluding hydrogens is 379 g/mol. The molecule has 0 bridgehead atoms. The second-order valence-corrected chi connectivity index (χ2v) is 6.83. The van der Waals surface area contributed by atoms with E-state index < -0.39 is 41.6 Å². The second kappa shape index (κ2) is 8.22. The molecule has 0 fully saturated rings. The number of aliphatic carboxylic acids is 1. The number of carboxylic acids is 1. The van der Waals surface area contributed by atoms with Crippen molar-refractivity contribution in [2.45, 2.75) is 31.8 Å². The highest BCUT2D eigenvalue weighted by molar-refractivity contribution is 6.21. The summed E-state index contributed by atoms with van der Waals surface area (Å²) in [6.07, 6.45) is -0.498. The van der Waals surface area contributed by atoms with E-state index in [4.69, 9.17) is 0 Å². The quantitative estimate of drug-likeness (QED) is 0.695. The van der Waals surface area contributed by atoms with Gasteiger partial charge in [-0.05, 0) is 30.7 Å². The summed E-state index contributed by atoms with van der Waals surface area (Å²) >= 11 is 0. The van der Waals surface area contributed by atoms with Crippen molar-refractivity contribution in [3.63, 3.8) is 0 Å². The first-order chi connectivity index (χ1) is 13.8. The van der Waals surface area contributed by atoms with Crippen LogP contribution in [0.5, 0.6) is 0 Å². The molecule has 1 heterocycles. The van der Waals surface area contributed by atoms with E-state index in [-0.39, 0.29) is 29.5 Å². The van der Waals surface area contributed by atoms with Gasteiger partial charge in [0, 0.05) is 18.9 Å². The van der Waals surface area contributed by atoms with E-state index in [1.807, 2.05) is 0 Å². The molecule has 2 N–H and O–H groups in total. The Kier molecular flexibility index (Phi) is 5.72. The molecule has 0 aromatic heterocycles. The number of hydrogen-bond donors (Lipinski definition) is 2. The maximum absolute atomic E-state index is 13.8. The molecule has 0 aliphatic carbocycles. The number of carbonyl (C=O) groups excluding carboxylic acids is 3. The molecule has 2 aromatic carbocycles. The summed E-state index contributed by atoms with van der Waals surface area (Å²) < 4.78 is 13.8. The van der Waals surface area contributed by atoms with Crippen molar-refractivity contribution in [3.8, 4) is 0 Å². The highest BCUT2D eigenvalue weighted by atomic mass is 19.1. The molecule has 2 aromatic rings. The topological polar surface area (TPSA) is 104 Å². The largest absolute Gasteiger partial charge is 0.480 e. The maximum Gasteiger partial charge on any atom is 0.326 e. The van der Waals surface area contributed by atoms with E-state index in [0.29, 0.717) is 0 Å². The average Bonchev–Trinajstić information content (AvgIpc) is 2.93. The van der Waals surface area contributed by atoms with Crippen LogP contribution < -0.4 is 5.32 Å². The Hall–Kier alpha value is -3.55. The number of fused-ring (bicyclic) bond motifs is 1. The number of hydrogen-bond acceptors (Lipinski definition) is 4. The zero-order valence-electron chi connectivity index (χ0n) is 15.6. The first-order valence-electron chi connectivity index (χ1n) is 9.02. The van der Waals surface area contributed by atoms with Crippen molar-refractivity contribution in [3.05, 3.63) is 71.0 Å². The van der Waals surface area contributed by atoms with Gasteiger partial charge in [-0.15, -0.1) is 0 Å². The molecule has 0 saturated carbocycles. The van der Waals surface area contributed by atoms with Gasteiger partial charge < -0.3 is 10.4 Å². The van der Waals surface area contributed by atoms with Crippen molar-refractivity contribution in [2.75, 3.05) is 0 Å². The van der Waals surface area contributed by atoms with Gasteiger partial charge in [0.05, 0.1) is 11.1 Å². The van der Waals surface area contributed by atoms with Crippen LogP contribution in [0.15, 0.2) is 48.5 Å². The number of imide groups is 1. The number of nitrogens with zero attached hydrogens (tertiary/aromatic N) is 1. The normalized spacial score (nSPS) is 15.0. The zero-order valence-corrected chi connectivity index (χ0v) is 15.6. The van der Waals surface area contributed by atoms with Crippen LogP contribution in [0.4, 0.5) is 4.39 Å². The lowest BCUT2D eigenvalue weighted by molar-refractivity contribution is -0.141. The van der Waals surface area contributed by atoms with Gasteiger partial charge in [0.25, 0.3) is 11.8 Å². The van der Waals surface area contributed by atoms with Crippen LogP contribution >= 0.6 is 0 Å². The summed E-state index contributed by atoms with van der Waals surface area (Å²) in [7, 11) is 0. The lowest BCUT2D eigenvalue weighted by Gasteiger charge is -2.23. The minimum absolute atomic E-state index is 0.161. The van der Waals surface area contributed by atoms with Crippen LogP contribution in [0.3, 0.4) is 0 Å². The van der Waals surface area contributed by atoms with Crippen molar-refractivity contribution in [1.82, 2.24) is 10.2 Å². The van der Waals surface area contributed by atoms with Crippen molar-refractivity contribution in [1.29, 1.82) is 0 Å². The molecule has 3 rings (SSSR count). The van der Waals surface area contributed by atoms with E-state index in [9.17, 15) is 28.7 Å². The zero-order chi connectivity index (χ0) is 21.1. The minimum Gasteiger partial charge on any atom is -0.480 e. The van der Waals surface area contributed by atoms with Gasteiger partial charge in [-0.2, -0.15) is 0 Å². The molecule has 1 aliphatic heterocycles. The van der Waals surface area contributed by atoms with E-state index in [2.05, 4.69) is 5.32 Å². The van der Waals surface area contributed by atoms with Gasteiger partial charge in [-0.1, -0.05) is 30.3 Å². The van der Waals surface area contributed by atoms with Crippen molar-refractivity contribution < 1.29 is 28.7 Å². The molecule has 0 spiro atoms. The Bertz CT molecular complexity index is 956. The Morgan fingerprint density at radius 1 is 1.03 bits per heavy atom. The molecule has 0 saturated heterocycles. The Morgan fingerprint density at radius 3 is 2.14 bits per heavy atom. The molecule has 29 heavy (non-hydrogen) atoms. The molecule has 150 valence electrons. The summed E-state index contributed by atoms with van der Waals surface area (Å²) in [4.78, 5) is 49.8. The molecule has 3 amide bonds. The van der Waals surface area contributed by atoms with Gasteiger partial charge in [-0.3, -0.25) is 19.3 Å². The van der Waals surface area contributed by atoms with Gasteiger partial charge in [0.2, 0.25) is 5.91 Å². The van der Waals surface area contributed by atoms with Crippen LogP contribution in [0.1, 0.15) is 39.6 Å². The summed E-state index contributed by atoms with van der Waals surface area (Å²) in [6, 6.07) is 9.96. The summed E-state index contributed by atoms with van der Waals surface area (Å²) in [5.74, 6) is -3.51. The summed E-state index contributed by atoms with van der Waals surface area (Å²) in [6.45, 7) is 1.54. The van der Waals surface area contributed by atoms with E-state index in [1.165, 1.54) is 37.3 Å². The van der Waals surface area contributed by atoms with Crippen molar-refractivity contribution >= 4 is 23.7 Å². The Labute approximate surface area is 166 Å². The van der Waals surface area contributed by atoms with Crippen LogP contribution in [-0.4, -0.2) is 45.8 Å². The molecule has 1 aliphatic rings. The van der Waals surface area contributed by atoms with Gasteiger partial charge in [0.1, 0.15) is 11.9 Å². The number of benzene rings is 2. The fourth-order valence-electron chi connectivity index (χ4n) is 3.30. The third-order valence-electron chi connectivity index (χ3n) is 4.76. The van der Waals surface area contributed by atoms with E-state index >= 15 is 0 Å². The fourth-order valence-corrected chi connectivity index (χ4v) is 3.30. The first kappa shape index (κ1) is 20.2. The molecule has 8 heteroatoms. The van der Waals surface area contributed by atoms with E-state index in [0.717, 1.165) is 4.90 Å². The standard InChI is InChI=1S/C21H19FN2O5/c1-12(24-19(26)14-7-3-4-8-15(14)20(24)27)10-18(25)23-17(21(28)29)11-13-6-2-5-9-16(13)22/h2-9,12,17H,10-11H2,1H3,(H,23,25)(H,28,29). The van der Waals surface area contributed by atoms with Crippen LogP contribution in [0, 0.1) is 5.82 Å². The highest BCUT2D eigenvalue weighted by Crippen LogP contribution is 2.25. The highest BCUT2D eigenvalue weighted by Gasteiger charge is 2.38. The third-order valence-corrected chi connectivity index (χ3v) is 4.76. The summed E-state index contributed by atoms with van der Waals surface area (Å²) in [5, 5.41) is 11.7. The lowest BCUT2D eigenvalue weighted by atomic mass is 10.0. The smallest absolute Gasteiger partial charge is 0.326 e. The SMILES string of the molecule is CC(CC(=O)NC(Cc1ccccc1F)C(=O)O)N1C(=O)c2ccccc2C1=O. The lowest BCUT2D eigenvalue weighted by Crippen LogP contribution is -2.46. The number of carbonyl (C=O) groups is 4. The Morgan fingerprint density at radius 2 is 1.59 bits per heavy atom. The number of halogens is 1. The van der Waals surface area contributed by atoms with E-state index in [1.54, 1.807) is 18.2 Å². The number of nitrogens with one attached hydrogen (secondary N) is 1. The molecule has 0 radical (unpaired) electrons. The minimum atomic E-state index is -1.34. The average molecular weight is 398 g/mol. The second-order valence-electron chi connectivity index (χ2n) is 6.83. The monoisotopic (exact) mass is 398 g/mol. The maximum atomic E-state index is 13.8. The molecule has 2 atom stereocenters.